The smallest absolute Gasteiger partial charge is 0.410 e. The van der Waals surface area contributed by atoms with Crippen molar-refractivity contribution in [3.63, 3.8) is 0 Å². The maximum absolute atomic E-state index is 12.2. The Balaban J connectivity index is 1.71. The van der Waals surface area contributed by atoms with Crippen LogP contribution < -0.4 is 0 Å². The van der Waals surface area contributed by atoms with Crippen molar-refractivity contribution in [3.8, 4) is 0 Å². The maximum atomic E-state index is 12.2. The van der Waals surface area contributed by atoms with Gasteiger partial charge in [0.15, 0.2) is 5.72 Å². The Morgan fingerprint density at radius 3 is 2.78 bits per heavy atom. The summed E-state index contributed by atoms with van der Waals surface area (Å²) in [6, 6.07) is 3.75. The molecule has 0 aromatic carbocycles. The highest BCUT2D eigenvalue weighted by atomic mass is 32.2. The molecule has 0 bridgehead atoms. The van der Waals surface area contributed by atoms with Gasteiger partial charge in [0.05, 0.1) is 5.25 Å². The number of thioether (sulfide) groups is 1. The van der Waals surface area contributed by atoms with Gasteiger partial charge in [-0.25, -0.2) is 9.79 Å². The van der Waals surface area contributed by atoms with Gasteiger partial charge in [0.25, 0.3) is 0 Å². The summed E-state index contributed by atoms with van der Waals surface area (Å²) in [5.41, 5.74) is -0.689. The number of rotatable bonds is 1. The molecule has 1 aromatic heterocycles. The molecule has 124 valence electrons. The van der Waals surface area contributed by atoms with E-state index >= 15 is 0 Å². The fourth-order valence-corrected chi connectivity index (χ4v) is 3.98. The molecule has 1 N–H and O–H groups in total. The van der Waals surface area contributed by atoms with E-state index in [1.165, 1.54) is 11.8 Å². The molecule has 2 aliphatic rings. The first-order valence-electron chi connectivity index (χ1n) is 7.64. The molecule has 3 heterocycles. The lowest BCUT2D eigenvalue weighted by atomic mass is 10.0. The van der Waals surface area contributed by atoms with E-state index in [0.717, 1.165) is 10.6 Å². The Hall–Kier alpha value is -1.60. The zero-order chi connectivity index (χ0) is 16.7. The van der Waals surface area contributed by atoms with E-state index in [1.807, 2.05) is 32.9 Å². The van der Waals surface area contributed by atoms with Crippen molar-refractivity contribution < 1.29 is 14.6 Å². The molecule has 7 heteroatoms. The largest absolute Gasteiger partial charge is 0.444 e. The van der Waals surface area contributed by atoms with Crippen molar-refractivity contribution in [3.05, 3.63) is 30.1 Å². The quantitative estimate of drug-likeness (QED) is 0.852. The molecule has 0 saturated carbocycles. The van der Waals surface area contributed by atoms with Crippen LogP contribution in [0.3, 0.4) is 0 Å². The molecule has 2 atom stereocenters. The van der Waals surface area contributed by atoms with E-state index in [0.29, 0.717) is 19.5 Å². The van der Waals surface area contributed by atoms with Crippen LogP contribution in [0.5, 0.6) is 0 Å². The zero-order valence-corrected chi connectivity index (χ0v) is 14.3. The van der Waals surface area contributed by atoms with Gasteiger partial charge in [-0.1, -0.05) is 11.8 Å². The molecule has 0 spiro atoms. The van der Waals surface area contributed by atoms with E-state index in [9.17, 15) is 9.90 Å². The highest BCUT2D eigenvalue weighted by Gasteiger charge is 2.48. The van der Waals surface area contributed by atoms with Crippen LogP contribution in [0, 0.1) is 0 Å². The molecule has 1 fully saturated rings. The van der Waals surface area contributed by atoms with E-state index in [-0.39, 0.29) is 11.3 Å². The molecular formula is C16H21N3O3S. The number of likely N-dealkylation sites (tertiary alicyclic amines) is 1. The lowest BCUT2D eigenvalue weighted by Gasteiger charge is -2.38. The number of ether oxygens (including phenoxy) is 1. The number of aliphatic imine (C=N–C) groups is 1. The Morgan fingerprint density at radius 2 is 2.13 bits per heavy atom. The third-order valence-electron chi connectivity index (χ3n) is 3.78. The van der Waals surface area contributed by atoms with E-state index in [4.69, 9.17) is 4.74 Å². The van der Waals surface area contributed by atoms with Crippen molar-refractivity contribution in [2.24, 2.45) is 4.99 Å². The number of hydrogen-bond acceptors (Lipinski definition) is 6. The van der Waals surface area contributed by atoms with Crippen molar-refractivity contribution >= 4 is 22.9 Å². The number of aromatic nitrogens is 1. The monoisotopic (exact) mass is 335 g/mol. The fraction of sp³-hybridized carbons (Fsp3) is 0.562. The number of carbonyl (C=O) groups is 1. The number of nitrogens with zero attached hydrogens (tertiary/aromatic N) is 3. The standard InChI is InChI=1S/C16H21N3O3S/c1-15(2,3)22-14(20)19-9-6-16(21)12(10-19)23-13(18-16)11-4-7-17-8-5-11/h4-5,7-8,12,21H,6,9-10H2,1-3H3. The van der Waals surface area contributed by atoms with Gasteiger partial charge in [0.2, 0.25) is 0 Å². The van der Waals surface area contributed by atoms with Crippen molar-refractivity contribution in [1.82, 2.24) is 9.88 Å². The summed E-state index contributed by atoms with van der Waals surface area (Å²) in [5, 5.41) is 11.4. The summed E-state index contributed by atoms with van der Waals surface area (Å²) < 4.78 is 5.42. The summed E-state index contributed by atoms with van der Waals surface area (Å²) in [5.74, 6) is 0. The summed E-state index contributed by atoms with van der Waals surface area (Å²) in [6.45, 7) is 6.41. The van der Waals surface area contributed by atoms with Gasteiger partial charge in [0.1, 0.15) is 10.6 Å². The Labute approximate surface area is 140 Å². The second-order valence-corrected chi connectivity index (χ2v) is 8.01. The molecule has 1 saturated heterocycles. The van der Waals surface area contributed by atoms with Crippen molar-refractivity contribution in [2.45, 2.75) is 43.8 Å². The Kier molecular flexibility index (Phi) is 4.10. The summed E-state index contributed by atoms with van der Waals surface area (Å²) in [6.07, 6.45) is 3.49. The fourth-order valence-electron chi connectivity index (χ4n) is 2.61. The molecule has 23 heavy (non-hydrogen) atoms. The normalized spacial score (nSPS) is 27.4. The minimum Gasteiger partial charge on any atom is -0.444 e. The SMILES string of the molecule is CC(C)(C)OC(=O)N1CCC2(O)N=C(c3ccncc3)SC2C1. The van der Waals surface area contributed by atoms with Crippen LogP contribution in [-0.2, 0) is 4.74 Å². The Morgan fingerprint density at radius 1 is 1.43 bits per heavy atom. The molecule has 2 unspecified atom stereocenters. The lowest BCUT2D eigenvalue weighted by Crippen LogP contribution is -2.53. The van der Waals surface area contributed by atoms with Crippen LogP contribution in [0.4, 0.5) is 4.79 Å². The van der Waals surface area contributed by atoms with Crippen LogP contribution in [0.2, 0.25) is 0 Å². The first-order valence-corrected chi connectivity index (χ1v) is 8.52. The highest BCUT2D eigenvalue weighted by Crippen LogP contribution is 2.41. The minimum absolute atomic E-state index is 0.174. The lowest BCUT2D eigenvalue weighted by molar-refractivity contribution is -0.0201. The summed E-state index contributed by atoms with van der Waals surface area (Å²) in [7, 11) is 0. The van der Waals surface area contributed by atoms with Gasteiger partial charge < -0.3 is 14.7 Å². The second kappa shape index (κ2) is 5.79. The number of aliphatic hydroxyl groups is 1. The second-order valence-electron chi connectivity index (χ2n) is 6.81. The van der Waals surface area contributed by atoms with Crippen molar-refractivity contribution in [1.29, 1.82) is 0 Å². The Bertz CT molecular complexity index is 629. The van der Waals surface area contributed by atoms with Gasteiger partial charge in [-0.15, -0.1) is 0 Å². The zero-order valence-electron chi connectivity index (χ0n) is 13.5. The van der Waals surface area contributed by atoms with Gasteiger partial charge >= 0.3 is 6.09 Å². The van der Waals surface area contributed by atoms with Crippen LogP contribution in [-0.4, -0.2) is 55.8 Å². The van der Waals surface area contributed by atoms with Gasteiger partial charge in [0, 0.05) is 37.5 Å². The predicted octanol–water partition coefficient (Wildman–Crippen LogP) is 2.27. The van der Waals surface area contributed by atoms with Crippen LogP contribution >= 0.6 is 11.8 Å². The van der Waals surface area contributed by atoms with Gasteiger partial charge in [-0.05, 0) is 32.9 Å². The van der Waals surface area contributed by atoms with Gasteiger partial charge in [-0.2, -0.15) is 0 Å². The van der Waals surface area contributed by atoms with E-state index in [1.54, 1.807) is 17.3 Å². The summed E-state index contributed by atoms with van der Waals surface area (Å²) in [4.78, 5) is 22.4. The minimum atomic E-state index is -1.11. The molecule has 0 aliphatic carbocycles. The molecule has 1 aromatic rings. The molecule has 3 rings (SSSR count). The summed E-state index contributed by atoms with van der Waals surface area (Å²) >= 11 is 1.51. The predicted molar refractivity (Wildman–Crippen MR) is 89.5 cm³/mol. The third-order valence-corrected chi connectivity index (χ3v) is 5.14. The molecular weight excluding hydrogens is 314 g/mol. The van der Waals surface area contributed by atoms with Crippen LogP contribution in [0.15, 0.2) is 29.5 Å². The van der Waals surface area contributed by atoms with E-state index < -0.39 is 11.3 Å². The number of amides is 1. The molecule has 6 nitrogen and oxygen atoms in total. The first kappa shape index (κ1) is 16.3. The van der Waals surface area contributed by atoms with Gasteiger partial charge in [-0.3, -0.25) is 4.98 Å². The molecule has 0 radical (unpaired) electrons. The number of piperidine rings is 1. The van der Waals surface area contributed by atoms with Crippen LogP contribution in [0.25, 0.3) is 0 Å². The maximum Gasteiger partial charge on any atom is 0.410 e. The average molecular weight is 335 g/mol. The number of carbonyl (C=O) groups excluding carboxylic acids is 1. The third kappa shape index (κ3) is 3.50. The number of pyridine rings is 1. The van der Waals surface area contributed by atoms with Crippen molar-refractivity contribution in [2.75, 3.05) is 13.1 Å². The topological polar surface area (TPSA) is 75.0 Å². The number of hydrogen-bond donors (Lipinski definition) is 1. The molecule has 1 amide bonds. The van der Waals surface area contributed by atoms with Crippen LogP contribution in [0.1, 0.15) is 32.8 Å². The molecule has 2 aliphatic heterocycles. The van der Waals surface area contributed by atoms with E-state index in [2.05, 4.69) is 9.98 Å². The highest BCUT2D eigenvalue weighted by molar-refractivity contribution is 8.15. The average Bonchev–Trinajstić information content (AvgIpc) is 2.83. The number of fused-ring (bicyclic) bond motifs is 1. The first-order chi connectivity index (χ1) is 10.8.